The summed E-state index contributed by atoms with van der Waals surface area (Å²) in [5.74, 6) is -2.93. The Labute approximate surface area is 209 Å². The van der Waals surface area contributed by atoms with Crippen LogP contribution in [0.5, 0.6) is 11.5 Å². The highest BCUT2D eigenvalue weighted by Crippen LogP contribution is 2.39. The fraction of sp³-hybridized carbons (Fsp3) is 0.172. The first-order valence-corrected chi connectivity index (χ1v) is 11.3. The van der Waals surface area contributed by atoms with E-state index in [0.29, 0.717) is 11.3 Å². The molecule has 0 amide bonds. The summed E-state index contributed by atoms with van der Waals surface area (Å²) in [7, 11) is 2.86. The molecular formula is C29H27NO6. The summed E-state index contributed by atoms with van der Waals surface area (Å²) in [6.07, 6.45) is 5.78. The molecule has 0 N–H and O–H groups in total. The number of nitro groups is 1. The summed E-state index contributed by atoms with van der Waals surface area (Å²) in [6.45, 7) is -0.649. The van der Waals surface area contributed by atoms with E-state index in [4.69, 9.17) is 9.47 Å². The molecule has 3 aromatic rings. The van der Waals surface area contributed by atoms with Gasteiger partial charge in [-0.15, -0.1) is 0 Å². The van der Waals surface area contributed by atoms with Gasteiger partial charge in [0.25, 0.3) is 0 Å². The number of ether oxygens (including phenoxy) is 2. The van der Waals surface area contributed by atoms with E-state index >= 15 is 0 Å². The monoisotopic (exact) mass is 485 g/mol. The molecule has 0 unspecified atom stereocenters. The van der Waals surface area contributed by atoms with Crippen molar-refractivity contribution in [2.75, 3.05) is 20.8 Å². The Kier molecular flexibility index (Phi) is 9.28. The molecule has 0 radical (unpaired) electrons. The van der Waals surface area contributed by atoms with Crippen molar-refractivity contribution in [1.82, 2.24) is 0 Å². The van der Waals surface area contributed by atoms with Crippen molar-refractivity contribution < 1.29 is 24.0 Å². The van der Waals surface area contributed by atoms with Crippen molar-refractivity contribution in [3.63, 3.8) is 0 Å². The molecule has 184 valence electrons. The SMILES string of the molecule is COc1cccc([C@@H](C[N+](=O)[O-])C(C(=O)/C=C/c2ccccc2)C(=O)/C=C/c2ccccc2)c1OC. The molecule has 0 heterocycles. The fourth-order valence-corrected chi connectivity index (χ4v) is 3.98. The van der Waals surface area contributed by atoms with Gasteiger partial charge in [0.05, 0.1) is 26.1 Å². The van der Waals surface area contributed by atoms with E-state index in [1.165, 1.54) is 26.4 Å². The maximum Gasteiger partial charge on any atom is 0.211 e. The Morgan fingerprint density at radius 3 is 1.78 bits per heavy atom. The lowest BCUT2D eigenvalue weighted by Gasteiger charge is -2.23. The van der Waals surface area contributed by atoms with Gasteiger partial charge in [0, 0.05) is 10.5 Å². The van der Waals surface area contributed by atoms with Gasteiger partial charge in [-0.3, -0.25) is 19.7 Å². The highest BCUT2D eigenvalue weighted by Gasteiger charge is 2.38. The first-order chi connectivity index (χ1) is 17.4. The molecule has 0 bridgehead atoms. The molecule has 7 nitrogen and oxygen atoms in total. The van der Waals surface area contributed by atoms with E-state index in [1.807, 2.05) is 60.7 Å². The largest absolute Gasteiger partial charge is 0.493 e. The molecule has 3 aromatic carbocycles. The third-order valence-electron chi connectivity index (χ3n) is 5.67. The number of benzene rings is 3. The van der Waals surface area contributed by atoms with Crippen LogP contribution in [0.4, 0.5) is 0 Å². The quantitative estimate of drug-likeness (QED) is 0.151. The maximum atomic E-state index is 13.5. The summed E-state index contributed by atoms with van der Waals surface area (Å²) in [6, 6.07) is 23.2. The van der Waals surface area contributed by atoms with Crippen LogP contribution in [0, 0.1) is 16.0 Å². The molecule has 0 aliphatic carbocycles. The first kappa shape index (κ1) is 26.1. The first-order valence-electron chi connectivity index (χ1n) is 11.3. The number of carbonyl (C=O) groups is 2. The lowest BCUT2D eigenvalue weighted by Crippen LogP contribution is -2.32. The number of para-hydroxylation sites is 1. The Morgan fingerprint density at radius 2 is 1.33 bits per heavy atom. The van der Waals surface area contributed by atoms with E-state index in [-0.39, 0.29) is 5.75 Å². The van der Waals surface area contributed by atoms with Gasteiger partial charge in [0.2, 0.25) is 6.54 Å². The average Bonchev–Trinajstić information content (AvgIpc) is 2.90. The number of nitrogens with zero attached hydrogens (tertiary/aromatic N) is 1. The summed E-state index contributed by atoms with van der Waals surface area (Å²) in [5, 5.41) is 11.7. The Hall–Kier alpha value is -4.52. The van der Waals surface area contributed by atoms with Gasteiger partial charge in [-0.1, -0.05) is 84.9 Å². The zero-order chi connectivity index (χ0) is 25.9. The predicted molar refractivity (Wildman–Crippen MR) is 139 cm³/mol. The Bertz CT molecular complexity index is 1190. The number of ketones is 2. The van der Waals surface area contributed by atoms with Gasteiger partial charge >= 0.3 is 0 Å². The van der Waals surface area contributed by atoms with E-state index in [1.54, 1.807) is 30.4 Å². The molecule has 3 rings (SSSR count). The summed E-state index contributed by atoms with van der Waals surface area (Å²) in [4.78, 5) is 38.2. The van der Waals surface area contributed by atoms with E-state index in [9.17, 15) is 19.7 Å². The van der Waals surface area contributed by atoms with Crippen LogP contribution in [-0.2, 0) is 9.59 Å². The molecule has 0 spiro atoms. The summed E-state index contributed by atoms with van der Waals surface area (Å²) < 4.78 is 10.8. The number of carbonyl (C=O) groups excluding carboxylic acids is 2. The minimum absolute atomic E-state index is 0.247. The smallest absolute Gasteiger partial charge is 0.211 e. The van der Waals surface area contributed by atoms with Crippen LogP contribution in [0.25, 0.3) is 12.2 Å². The zero-order valence-corrected chi connectivity index (χ0v) is 20.1. The Morgan fingerprint density at radius 1 is 0.806 bits per heavy atom. The molecule has 36 heavy (non-hydrogen) atoms. The van der Waals surface area contributed by atoms with Crippen molar-refractivity contribution in [1.29, 1.82) is 0 Å². The van der Waals surface area contributed by atoms with Crippen molar-refractivity contribution >= 4 is 23.7 Å². The van der Waals surface area contributed by atoms with Crippen molar-refractivity contribution in [2.24, 2.45) is 5.92 Å². The highest BCUT2D eigenvalue weighted by molar-refractivity contribution is 6.14. The van der Waals surface area contributed by atoms with Gasteiger partial charge in [-0.25, -0.2) is 0 Å². The molecule has 0 fully saturated rings. The topological polar surface area (TPSA) is 95.7 Å². The van der Waals surface area contributed by atoms with Crippen molar-refractivity contribution in [2.45, 2.75) is 5.92 Å². The number of methoxy groups -OCH3 is 2. The average molecular weight is 486 g/mol. The maximum absolute atomic E-state index is 13.5. The third-order valence-corrected chi connectivity index (χ3v) is 5.67. The molecule has 0 aliphatic rings. The molecule has 0 saturated heterocycles. The van der Waals surface area contributed by atoms with Crippen LogP contribution in [0.2, 0.25) is 0 Å². The second-order valence-corrected chi connectivity index (χ2v) is 7.97. The molecular weight excluding hydrogens is 458 g/mol. The predicted octanol–water partition coefficient (Wildman–Crippen LogP) is 5.25. The number of allylic oxidation sites excluding steroid dienone is 2. The van der Waals surface area contributed by atoms with Crippen molar-refractivity contribution in [3.8, 4) is 11.5 Å². The second kappa shape index (κ2) is 12.8. The molecule has 0 saturated carbocycles. The second-order valence-electron chi connectivity index (χ2n) is 7.97. The van der Waals surface area contributed by atoms with Crippen LogP contribution >= 0.6 is 0 Å². The van der Waals surface area contributed by atoms with Crippen LogP contribution in [0.1, 0.15) is 22.6 Å². The number of rotatable bonds is 12. The van der Waals surface area contributed by atoms with Crippen LogP contribution in [-0.4, -0.2) is 37.3 Å². The molecule has 7 heteroatoms. The minimum atomic E-state index is -1.35. The van der Waals surface area contributed by atoms with Gasteiger partial charge in [0.15, 0.2) is 23.1 Å². The molecule has 1 atom stereocenters. The highest BCUT2D eigenvalue weighted by atomic mass is 16.6. The normalized spacial score (nSPS) is 12.1. The van der Waals surface area contributed by atoms with Gasteiger partial charge in [-0.2, -0.15) is 0 Å². The summed E-state index contributed by atoms with van der Waals surface area (Å²) >= 11 is 0. The Balaban J connectivity index is 2.09. The van der Waals surface area contributed by atoms with Crippen LogP contribution < -0.4 is 9.47 Å². The van der Waals surface area contributed by atoms with Gasteiger partial charge in [-0.05, 0) is 29.3 Å². The third kappa shape index (κ3) is 6.76. The number of hydrogen-bond acceptors (Lipinski definition) is 6. The molecule has 0 aliphatic heterocycles. The lowest BCUT2D eigenvalue weighted by atomic mass is 9.79. The minimum Gasteiger partial charge on any atom is -0.493 e. The van der Waals surface area contributed by atoms with Crippen molar-refractivity contribution in [3.05, 3.63) is 118 Å². The standard InChI is InChI=1S/C29H27NO6/c1-35-27-15-9-14-23(29(27)36-2)24(20-30(33)34)28(25(31)18-16-21-10-5-3-6-11-21)26(32)19-17-22-12-7-4-8-13-22/h3-19,24,28H,20H2,1-2H3/b18-16+,19-17+/t24-/m1/s1. The zero-order valence-electron chi connectivity index (χ0n) is 20.1. The lowest BCUT2D eigenvalue weighted by molar-refractivity contribution is -0.484. The van der Waals surface area contributed by atoms with E-state index < -0.39 is 34.9 Å². The fourth-order valence-electron chi connectivity index (χ4n) is 3.98. The molecule has 0 aromatic heterocycles. The van der Waals surface area contributed by atoms with E-state index in [0.717, 1.165) is 11.1 Å². The van der Waals surface area contributed by atoms with Crippen LogP contribution in [0.15, 0.2) is 91.0 Å². The number of hydrogen-bond donors (Lipinski definition) is 0. The summed E-state index contributed by atoms with van der Waals surface area (Å²) in [5.41, 5.74) is 1.88. The van der Waals surface area contributed by atoms with Gasteiger partial charge in [0.1, 0.15) is 0 Å². The van der Waals surface area contributed by atoms with Crippen LogP contribution in [0.3, 0.4) is 0 Å². The van der Waals surface area contributed by atoms with Gasteiger partial charge < -0.3 is 9.47 Å². The van der Waals surface area contributed by atoms with E-state index in [2.05, 4.69) is 0 Å².